The fourth-order valence-electron chi connectivity index (χ4n) is 2.00. The molecule has 0 aromatic heterocycles. The molecule has 9 heteroatoms. The molecule has 0 aliphatic rings. The minimum Gasteiger partial charge on any atom is -0.480 e. The van der Waals surface area contributed by atoms with Crippen LogP contribution in [0.1, 0.15) is 30.1 Å². The zero-order chi connectivity index (χ0) is 18.1. The van der Waals surface area contributed by atoms with Gasteiger partial charge in [0.2, 0.25) is 5.91 Å². The summed E-state index contributed by atoms with van der Waals surface area (Å²) in [6.45, 7) is 1.84. The molecule has 0 atom stereocenters. The molecular weight excluding hydrogens is 318 g/mol. The van der Waals surface area contributed by atoms with E-state index in [-0.39, 0.29) is 36.7 Å². The van der Waals surface area contributed by atoms with E-state index in [1.165, 1.54) is 29.2 Å². The van der Waals surface area contributed by atoms with Crippen molar-refractivity contribution in [2.75, 3.05) is 19.6 Å². The van der Waals surface area contributed by atoms with Gasteiger partial charge in [-0.05, 0) is 18.6 Å². The first-order valence-electron chi connectivity index (χ1n) is 7.37. The van der Waals surface area contributed by atoms with Crippen LogP contribution in [0.3, 0.4) is 0 Å². The highest BCUT2D eigenvalue weighted by molar-refractivity contribution is 5.94. The monoisotopic (exact) mass is 337 g/mol. The Hall–Kier alpha value is -2.97. The number of carbonyl (C=O) groups is 3. The summed E-state index contributed by atoms with van der Waals surface area (Å²) in [7, 11) is 0. The quantitative estimate of drug-likeness (QED) is 0.511. The Kier molecular flexibility index (Phi) is 7.34. The minimum atomic E-state index is -1.09. The molecule has 0 aliphatic carbocycles. The summed E-state index contributed by atoms with van der Waals surface area (Å²) in [5, 5.41) is 21.8. The van der Waals surface area contributed by atoms with Gasteiger partial charge in [-0.15, -0.1) is 0 Å². The van der Waals surface area contributed by atoms with E-state index in [4.69, 9.17) is 5.11 Å². The van der Waals surface area contributed by atoms with Crippen molar-refractivity contribution in [3.8, 4) is 0 Å². The first-order valence-corrected chi connectivity index (χ1v) is 7.37. The number of carbonyl (C=O) groups excluding carboxylic acids is 2. The Morgan fingerprint density at radius 3 is 2.38 bits per heavy atom. The summed E-state index contributed by atoms with van der Waals surface area (Å²) in [5.41, 5.74) is 0.120. The highest BCUT2D eigenvalue weighted by atomic mass is 16.6. The maximum Gasteiger partial charge on any atom is 0.323 e. The zero-order valence-corrected chi connectivity index (χ0v) is 13.2. The molecule has 0 spiro atoms. The summed E-state index contributed by atoms with van der Waals surface area (Å²) in [6.07, 6.45) is 0.611. The highest BCUT2D eigenvalue weighted by Gasteiger charge is 2.16. The van der Waals surface area contributed by atoms with Crippen LogP contribution in [0, 0.1) is 10.1 Å². The van der Waals surface area contributed by atoms with Gasteiger partial charge in [0.05, 0.1) is 4.92 Å². The van der Waals surface area contributed by atoms with Gasteiger partial charge in [0.1, 0.15) is 6.54 Å². The molecule has 9 nitrogen and oxygen atoms in total. The molecule has 0 aliphatic heterocycles. The Bertz CT molecular complexity index is 614. The smallest absolute Gasteiger partial charge is 0.323 e. The fraction of sp³-hybridized carbons (Fsp3) is 0.400. The zero-order valence-electron chi connectivity index (χ0n) is 13.2. The van der Waals surface area contributed by atoms with Crippen LogP contribution in [0.4, 0.5) is 5.69 Å². The third kappa shape index (κ3) is 6.03. The minimum absolute atomic E-state index is 0.0218. The number of rotatable bonds is 9. The normalized spacial score (nSPS) is 10.0. The van der Waals surface area contributed by atoms with Gasteiger partial charge in [-0.3, -0.25) is 24.5 Å². The number of non-ortho nitro benzene ring substituents is 1. The standard InChI is InChI=1S/C15H19N3O6/c1-2-9-17(10-14(20)21)13(19)7-8-16-15(22)11-3-5-12(6-4-11)18(23)24/h3-6H,2,7-10H2,1H3,(H,16,22)(H,20,21). The van der Waals surface area contributed by atoms with Crippen molar-refractivity contribution in [1.29, 1.82) is 0 Å². The second kappa shape index (κ2) is 9.23. The van der Waals surface area contributed by atoms with Crippen LogP contribution in [-0.4, -0.2) is 52.3 Å². The molecule has 1 rings (SSSR count). The van der Waals surface area contributed by atoms with Crippen LogP contribution >= 0.6 is 0 Å². The van der Waals surface area contributed by atoms with Crippen molar-refractivity contribution in [3.05, 3.63) is 39.9 Å². The number of carboxylic acid groups (broad SMARTS) is 1. The van der Waals surface area contributed by atoms with Crippen LogP contribution < -0.4 is 5.32 Å². The Morgan fingerprint density at radius 2 is 1.88 bits per heavy atom. The van der Waals surface area contributed by atoms with Crippen molar-refractivity contribution in [2.45, 2.75) is 19.8 Å². The number of nitro groups is 1. The molecule has 130 valence electrons. The number of aliphatic carboxylic acids is 1. The number of hydrogen-bond donors (Lipinski definition) is 2. The van der Waals surface area contributed by atoms with Crippen molar-refractivity contribution in [2.24, 2.45) is 0 Å². The first kappa shape index (κ1) is 19.1. The maximum absolute atomic E-state index is 11.9. The van der Waals surface area contributed by atoms with Crippen molar-refractivity contribution < 1.29 is 24.4 Å². The number of nitrogens with one attached hydrogen (secondary N) is 1. The molecule has 2 N–H and O–H groups in total. The first-order chi connectivity index (χ1) is 11.3. The van der Waals surface area contributed by atoms with E-state index >= 15 is 0 Å². The van der Waals surface area contributed by atoms with E-state index in [1.807, 2.05) is 6.92 Å². The van der Waals surface area contributed by atoms with Crippen LogP contribution in [0.5, 0.6) is 0 Å². The number of carboxylic acids is 1. The Labute approximate surface area is 138 Å². The lowest BCUT2D eigenvalue weighted by Crippen LogP contribution is -2.38. The van der Waals surface area contributed by atoms with Crippen LogP contribution in [0.15, 0.2) is 24.3 Å². The van der Waals surface area contributed by atoms with Gasteiger partial charge in [0.25, 0.3) is 11.6 Å². The van der Waals surface area contributed by atoms with Crippen LogP contribution in [-0.2, 0) is 9.59 Å². The summed E-state index contributed by atoms with van der Waals surface area (Å²) >= 11 is 0. The van der Waals surface area contributed by atoms with E-state index in [1.54, 1.807) is 0 Å². The molecule has 0 saturated carbocycles. The average Bonchev–Trinajstić information content (AvgIpc) is 2.53. The predicted molar refractivity (Wildman–Crippen MR) is 84.6 cm³/mol. The summed E-state index contributed by atoms with van der Waals surface area (Å²) in [6, 6.07) is 5.08. The van der Waals surface area contributed by atoms with Gasteiger partial charge in [-0.2, -0.15) is 0 Å². The van der Waals surface area contributed by atoms with E-state index in [2.05, 4.69) is 5.32 Å². The second-order valence-corrected chi connectivity index (χ2v) is 5.02. The summed E-state index contributed by atoms with van der Waals surface area (Å²) < 4.78 is 0. The third-order valence-electron chi connectivity index (χ3n) is 3.14. The molecule has 0 heterocycles. The highest BCUT2D eigenvalue weighted by Crippen LogP contribution is 2.11. The van der Waals surface area contributed by atoms with Gasteiger partial charge >= 0.3 is 5.97 Å². The van der Waals surface area contributed by atoms with E-state index in [0.29, 0.717) is 13.0 Å². The van der Waals surface area contributed by atoms with E-state index in [0.717, 1.165) is 0 Å². The molecule has 0 fully saturated rings. The van der Waals surface area contributed by atoms with Crippen molar-refractivity contribution in [1.82, 2.24) is 10.2 Å². The molecule has 1 aromatic rings. The second-order valence-electron chi connectivity index (χ2n) is 5.02. The van der Waals surface area contributed by atoms with Crippen molar-refractivity contribution >= 4 is 23.5 Å². The molecule has 2 amide bonds. The molecule has 0 unspecified atom stereocenters. The van der Waals surface area contributed by atoms with Gasteiger partial charge in [-0.1, -0.05) is 6.92 Å². The molecule has 1 aromatic carbocycles. The van der Waals surface area contributed by atoms with Crippen LogP contribution in [0.25, 0.3) is 0 Å². The lowest BCUT2D eigenvalue weighted by atomic mass is 10.2. The number of hydrogen-bond acceptors (Lipinski definition) is 5. The molecular formula is C15H19N3O6. The van der Waals surface area contributed by atoms with E-state index < -0.39 is 16.8 Å². The van der Waals surface area contributed by atoms with E-state index in [9.17, 15) is 24.5 Å². The Morgan fingerprint density at radius 1 is 1.25 bits per heavy atom. The lowest BCUT2D eigenvalue weighted by Gasteiger charge is -2.19. The Balaban J connectivity index is 2.50. The molecule has 0 saturated heterocycles. The topological polar surface area (TPSA) is 130 Å². The van der Waals surface area contributed by atoms with Gasteiger partial charge in [0, 0.05) is 37.2 Å². The average molecular weight is 337 g/mol. The third-order valence-corrected chi connectivity index (χ3v) is 3.14. The maximum atomic E-state index is 11.9. The number of benzene rings is 1. The fourth-order valence-corrected chi connectivity index (χ4v) is 2.00. The number of nitro benzene ring substituents is 1. The van der Waals surface area contributed by atoms with Crippen molar-refractivity contribution in [3.63, 3.8) is 0 Å². The summed E-state index contributed by atoms with van der Waals surface area (Å²) in [5.74, 6) is -1.91. The number of nitrogens with zero attached hydrogens (tertiary/aromatic N) is 2. The SMILES string of the molecule is CCCN(CC(=O)O)C(=O)CCNC(=O)c1ccc([N+](=O)[O-])cc1. The molecule has 0 bridgehead atoms. The van der Waals surface area contributed by atoms with Gasteiger partial charge in [-0.25, -0.2) is 0 Å². The number of amides is 2. The lowest BCUT2D eigenvalue weighted by molar-refractivity contribution is -0.384. The van der Waals surface area contributed by atoms with Crippen LogP contribution in [0.2, 0.25) is 0 Å². The predicted octanol–water partition coefficient (Wildman–Crippen LogP) is 1.04. The molecule has 0 radical (unpaired) electrons. The largest absolute Gasteiger partial charge is 0.480 e. The summed E-state index contributed by atoms with van der Waals surface area (Å²) in [4.78, 5) is 45.7. The van der Waals surface area contributed by atoms with Gasteiger partial charge in [0.15, 0.2) is 0 Å². The molecule has 24 heavy (non-hydrogen) atoms. The van der Waals surface area contributed by atoms with Gasteiger partial charge < -0.3 is 15.3 Å².